The van der Waals surface area contributed by atoms with Crippen molar-refractivity contribution in [1.29, 1.82) is 0 Å². The molecule has 0 aliphatic rings. The summed E-state index contributed by atoms with van der Waals surface area (Å²) in [4.78, 5) is 7.79. The highest BCUT2D eigenvalue weighted by atomic mass is 35.5. The van der Waals surface area contributed by atoms with Crippen LogP contribution in [0.15, 0.2) is 12.4 Å². The Morgan fingerprint density at radius 2 is 2.08 bits per heavy atom. The zero-order valence-corrected chi connectivity index (χ0v) is 7.17. The van der Waals surface area contributed by atoms with E-state index in [2.05, 4.69) is 21.8 Å². The number of nitrogens with two attached hydrogens (primary N) is 1. The first kappa shape index (κ1) is 8.98. The Labute approximate surface area is 76.0 Å². The molecule has 0 radical (unpaired) electrons. The third-order valence-electron chi connectivity index (χ3n) is 1.09. The van der Waals surface area contributed by atoms with Crippen LogP contribution in [0.25, 0.3) is 0 Å². The molecule has 12 heavy (non-hydrogen) atoms. The molecule has 0 fully saturated rings. The molecule has 0 unspecified atom stereocenters. The summed E-state index contributed by atoms with van der Waals surface area (Å²) in [6.45, 7) is 0.556. The minimum absolute atomic E-state index is 0.479. The molecule has 1 rings (SSSR count). The maximum Gasteiger partial charge on any atom is 0.204 e. The summed E-state index contributed by atoms with van der Waals surface area (Å²) >= 11 is 5.58. The lowest BCUT2D eigenvalue weighted by Crippen LogP contribution is -1.95. The Morgan fingerprint density at radius 1 is 1.42 bits per heavy atom. The minimum Gasteiger partial charge on any atom is -0.330 e. The van der Waals surface area contributed by atoms with Gasteiger partial charge in [0.05, 0.1) is 17.4 Å². The summed E-state index contributed by atoms with van der Waals surface area (Å²) in [6.07, 6.45) is 3.69. The van der Waals surface area contributed by atoms with E-state index in [0.29, 0.717) is 23.8 Å². The molecule has 0 aliphatic carbocycles. The summed E-state index contributed by atoms with van der Waals surface area (Å²) in [5.74, 6) is 6.07. The van der Waals surface area contributed by atoms with E-state index >= 15 is 0 Å². The molecule has 0 amide bonds. The Balaban J connectivity index is 2.66. The van der Waals surface area contributed by atoms with Crippen molar-refractivity contribution in [3.05, 3.63) is 23.2 Å². The highest BCUT2D eigenvalue weighted by Gasteiger charge is 1.89. The van der Waals surface area contributed by atoms with E-state index in [1.54, 1.807) is 0 Å². The molecule has 0 atom stereocenters. The quantitative estimate of drug-likeness (QED) is 0.653. The predicted molar refractivity (Wildman–Crippen MR) is 47.6 cm³/mol. The van der Waals surface area contributed by atoms with Crippen LogP contribution in [0.4, 0.5) is 0 Å². The van der Waals surface area contributed by atoms with Crippen molar-refractivity contribution in [2.24, 2.45) is 5.73 Å². The maximum atomic E-state index is 5.58. The Kier molecular flexibility index (Phi) is 3.52. The van der Waals surface area contributed by atoms with E-state index in [1.165, 1.54) is 12.4 Å². The van der Waals surface area contributed by atoms with Crippen LogP contribution in [0.2, 0.25) is 5.02 Å². The normalized spacial score (nSPS) is 8.83. The standard InChI is InChI=1S/C8H8ClN3/c9-7-5-11-8(12-6-7)3-1-2-4-10/h5-6H,2,4,10H2. The fourth-order valence-corrected chi connectivity index (χ4v) is 0.688. The molecule has 1 heterocycles. The van der Waals surface area contributed by atoms with Gasteiger partial charge in [-0.1, -0.05) is 17.5 Å². The van der Waals surface area contributed by atoms with Gasteiger partial charge in [0.2, 0.25) is 5.82 Å². The molecule has 0 aliphatic heterocycles. The molecule has 0 aromatic carbocycles. The second kappa shape index (κ2) is 4.70. The molecular formula is C8H8ClN3. The smallest absolute Gasteiger partial charge is 0.204 e. The monoisotopic (exact) mass is 181 g/mol. The van der Waals surface area contributed by atoms with Crippen molar-refractivity contribution in [2.45, 2.75) is 6.42 Å². The molecule has 0 saturated carbocycles. The molecule has 62 valence electrons. The summed E-state index contributed by atoms with van der Waals surface area (Å²) in [7, 11) is 0. The van der Waals surface area contributed by atoms with E-state index < -0.39 is 0 Å². The first-order valence-electron chi connectivity index (χ1n) is 3.49. The predicted octanol–water partition coefficient (Wildman–Crippen LogP) is 0.830. The molecule has 0 bridgehead atoms. The van der Waals surface area contributed by atoms with Gasteiger partial charge in [-0.15, -0.1) is 0 Å². The fourth-order valence-electron chi connectivity index (χ4n) is 0.591. The first-order valence-corrected chi connectivity index (χ1v) is 3.87. The second-order valence-electron chi connectivity index (χ2n) is 2.07. The Hall–Kier alpha value is -1.11. The van der Waals surface area contributed by atoms with E-state index in [0.717, 1.165) is 0 Å². The fraction of sp³-hybridized carbons (Fsp3) is 0.250. The number of rotatable bonds is 1. The SMILES string of the molecule is NCCC#Cc1ncc(Cl)cn1. The average molecular weight is 182 g/mol. The summed E-state index contributed by atoms with van der Waals surface area (Å²) in [5, 5.41) is 0.513. The number of halogens is 1. The summed E-state index contributed by atoms with van der Waals surface area (Å²) in [6, 6.07) is 0. The molecule has 0 saturated heterocycles. The average Bonchev–Trinajstić information content (AvgIpc) is 2.09. The van der Waals surface area contributed by atoms with Crippen molar-refractivity contribution < 1.29 is 0 Å². The van der Waals surface area contributed by atoms with Gasteiger partial charge in [-0.05, 0) is 5.92 Å². The number of hydrogen-bond acceptors (Lipinski definition) is 3. The third kappa shape index (κ3) is 2.87. The Morgan fingerprint density at radius 3 is 2.67 bits per heavy atom. The molecule has 4 heteroatoms. The van der Waals surface area contributed by atoms with E-state index in [-0.39, 0.29) is 0 Å². The van der Waals surface area contributed by atoms with E-state index in [9.17, 15) is 0 Å². The van der Waals surface area contributed by atoms with Crippen LogP contribution in [0.1, 0.15) is 12.2 Å². The van der Waals surface area contributed by atoms with Gasteiger partial charge in [0.15, 0.2) is 0 Å². The van der Waals surface area contributed by atoms with Crippen molar-refractivity contribution in [2.75, 3.05) is 6.54 Å². The van der Waals surface area contributed by atoms with Gasteiger partial charge < -0.3 is 5.73 Å². The van der Waals surface area contributed by atoms with Gasteiger partial charge in [-0.2, -0.15) is 0 Å². The van der Waals surface area contributed by atoms with Crippen LogP contribution < -0.4 is 5.73 Å². The van der Waals surface area contributed by atoms with Gasteiger partial charge in [0.25, 0.3) is 0 Å². The van der Waals surface area contributed by atoms with E-state index in [4.69, 9.17) is 17.3 Å². The van der Waals surface area contributed by atoms with Crippen LogP contribution in [-0.4, -0.2) is 16.5 Å². The zero-order valence-electron chi connectivity index (χ0n) is 6.42. The maximum absolute atomic E-state index is 5.58. The number of aromatic nitrogens is 2. The molecule has 1 aromatic rings. The highest BCUT2D eigenvalue weighted by Crippen LogP contribution is 2.01. The largest absolute Gasteiger partial charge is 0.330 e. The minimum atomic E-state index is 0.479. The zero-order chi connectivity index (χ0) is 8.81. The summed E-state index contributed by atoms with van der Waals surface area (Å²) in [5.41, 5.74) is 5.25. The topological polar surface area (TPSA) is 51.8 Å². The van der Waals surface area contributed by atoms with Gasteiger partial charge in [0, 0.05) is 13.0 Å². The van der Waals surface area contributed by atoms with Gasteiger partial charge in [-0.25, -0.2) is 9.97 Å². The van der Waals surface area contributed by atoms with Crippen LogP contribution in [0.3, 0.4) is 0 Å². The lowest BCUT2D eigenvalue weighted by Gasteiger charge is -1.87. The number of nitrogens with zero attached hydrogens (tertiary/aromatic N) is 2. The lowest BCUT2D eigenvalue weighted by atomic mass is 10.4. The van der Waals surface area contributed by atoms with E-state index in [1.807, 2.05) is 0 Å². The number of hydrogen-bond donors (Lipinski definition) is 1. The van der Waals surface area contributed by atoms with Gasteiger partial charge in [0.1, 0.15) is 0 Å². The van der Waals surface area contributed by atoms with Crippen LogP contribution >= 0.6 is 11.6 Å². The van der Waals surface area contributed by atoms with Crippen molar-refractivity contribution >= 4 is 11.6 Å². The first-order chi connectivity index (χ1) is 5.83. The van der Waals surface area contributed by atoms with Gasteiger partial charge in [-0.3, -0.25) is 0 Å². The van der Waals surface area contributed by atoms with Crippen LogP contribution in [-0.2, 0) is 0 Å². The third-order valence-corrected chi connectivity index (χ3v) is 1.29. The van der Waals surface area contributed by atoms with Crippen molar-refractivity contribution in [3.8, 4) is 11.8 Å². The van der Waals surface area contributed by atoms with Gasteiger partial charge >= 0.3 is 0 Å². The van der Waals surface area contributed by atoms with Crippen molar-refractivity contribution in [3.63, 3.8) is 0 Å². The van der Waals surface area contributed by atoms with Crippen molar-refractivity contribution in [1.82, 2.24) is 9.97 Å². The molecule has 3 nitrogen and oxygen atoms in total. The molecule has 2 N–H and O–H groups in total. The molecule has 0 spiro atoms. The second-order valence-corrected chi connectivity index (χ2v) is 2.50. The van der Waals surface area contributed by atoms with Crippen LogP contribution in [0, 0.1) is 11.8 Å². The Bertz CT molecular complexity index is 296. The lowest BCUT2D eigenvalue weighted by molar-refractivity contribution is 1.03. The van der Waals surface area contributed by atoms with Crippen LogP contribution in [0.5, 0.6) is 0 Å². The molecule has 1 aromatic heterocycles. The highest BCUT2D eigenvalue weighted by molar-refractivity contribution is 6.30. The molecular weight excluding hydrogens is 174 g/mol. The summed E-state index contributed by atoms with van der Waals surface area (Å²) < 4.78 is 0.